The number of rotatable bonds is 2. The number of hydrogen-bond acceptors (Lipinski definition) is 3. The van der Waals surface area contributed by atoms with Gasteiger partial charge in [-0.3, -0.25) is 4.79 Å². The largest absolute Gasteiger partial charge is 0.352 e. The van der Waals surface area contributed by atoms with Gasteiger partial charge in [-0.05, 0) is 19.9 Å². The Kier molecular flexibility index (Phi) is 2.51. The molecule has 74 valence electrons. The quantitative estimate of drug-likeness (QED) is 0.587. The average molecular weight is 183 g/mol. The van der Waals surface area contributed by atoms with Crippen LogP contribution in [0.2, 0.25) is 0 Å². The predicted molar refractivity (Wildman–Crippen MR) is 50.5 cm³/mol. The maximum atomic E-state index is 11.6. The summed E-state index contributed by atoms with van der Waals surface area (Å²) >= 11 is 0. The number of piperazine rings is 1. The van der Waals surface area contributed by atoms with E-state index < -0.39 is 0 Å². The van der Waals surface area contributed by atoms with Gasteiger partial charge in [-0.25, -0.2) is 0 Å². The Hall–Kier alpha value is -0.610. The SMILES string of the molecule is CN1CCNC(C(=O)NC2CC2)C1. The summed E-state index contributed by atoms with van der Waals surface area (Å²) in [6.07, 6.45) is 2.32. The molecule has 4 nitrogen and oxygen atoms in total. The van der Waals surface area contributed by atoms with E-state index in [0.717, 1.165) is 32.5 Å². The zero-order valence-electron chi connectivity index (χ0n) is 8.05. The smallest absolute Gasteiger partial charge is 0.238 e. The predicted octanol–water partition coefficient (Wildman–Crippen LogP) is -0.831. The van der Waals surface area contributed by atoms with Crippen molar-refractivity contribution in [2.24, 2.45) is 0 Å². The molecule has 1 aliphatic heterocycles. The van der Waals surface area contributed by atoms with Crippen LogP contribution in [0.1, 0.15) is 12.8 Å². The fourth-order valence-electron chi connectivity index (χ4n) is 1.60. The van der Waals surface area contributed by atoms with Crippen molar-refractivity contribution >= 4 is 5.91 Å². The number of carbonyl (C=O) groups excluding carboxylic acids is 1. The minimum atomic E-state index is -0.000602. The summed E-state index contributed by atoms with van der Waals surface area (Å²) in [7, 11) is 2.05. The molecule has 1 heterocycles. The maximum absolute atomic E-state index is 11.6. The Labute approximate surface area is 78.7 Å². The van der Waals surface area contributed by atoms with Crippen molar-refractivity contribution in [2.75, 3.05) is 26.7 Å². The number of nitrogens with one attached hydrogen (secondary N) is 2. The van der Waals surface area contributed by atoms with Crippen LogP contribution in [0, 0.1) is 0 Å². The third-order valence-corrected chi connectivity index (χ3v) is 2.62. The van der Waals surface area contributed by atoms with Crippen molar-refractivity contribution in [3.05, 3.63) is 0 Å². The van der Waals surface area contributed by atoms with Crippen molar-refractivity contribution in [2.45, 2.75) is 24.9 Å². The van der Waals surface area contributed by atoms with Gasteiger partial charge in [0.15, 0.2) is 0 Å². The number of nitrogens with zero attached hydrogens (tertiary/aromatic N) is 1. The molecule has 0 bridgehead atoms. The van der Waals surface area contributed by atoms with Gasteiger partial charge in [-0.2, -0.15) is 0 Å². The van der Waals surface area contributed by atoms with Crippen LogP contribution in [0.15, 0.2) is 0 Å². The molecule has 0 aromatic rings. The van der Waals surface area contributed by atoms with Crippen LogP contribution in [0.3, 0.4) is 0 Å². The van der Waals surface area contributed by atoms with Gasteiger partial charge in [0, 0.05) is 25.7 Å². The van der Waals surface area contributed by atoms with Crippen LogP contribution >= 0.6 is 0 Å². The Balaban J connectivity index is 1.80. The summed E-state index contributed by atoms with van der Waals surface area (Å²) in [5.41, 5.74) is 0. The molecule has 1 saturated carbocycles. The Bertz CT molecular complexity index is 203. The first-order valence-electron chi connectivity index (χ1n) is 4.98. The normalized spacial score (nSPS) is 30.1. The van der Waals surface area contributed by atoms with Crippen LogP contribution in [0.4, 0.5) is 0 Å². The van der Waals surface area contributed by atoms with Crippen molar-refractivity contribution < 1.29 is 4.79 Å². The van der Waals surface area contributed by atoms with E-state index in [0.29, 0.717) is 6.04 Å². The topological polar surface area (TPSA) is 44.4 Å². The van der Waals surface area contributed by atoms with Crippen LogP contribution in [0.5, 0.6) is 0 Å². The van der Waals surface area contributed by atoms with Crippen LogP contribution in [-0.2, 0) is 4.79 Å². The van der Waals surface area contributed by atoms with Crippen LogP contribution in [0.25, 0.3) is 0 Å². The van der Waals surface area contributed by atoms with Crippen molar-refractivity contribution in [3.63, 3.8) is 0 Å². The highest BCUT2D eigenvalue weighted by molar-refractivity contribution is 5.82. The van der Waals surface area contributed by atoms with E-state index in [1.807, 2.05) is 0 Å². The molecule has 0 radical (unpaired) electrons. The van der Waals surface area contributed by atoms with Crippen LogP contribution in [-0.4, -0.2) is 49.6 Å². The molecule has 2 N–H and O–H groups in total. The molecule has 13 heavy (non-hydrogen) atoms. The molecule has 1 atom stereocenters. The molecule has 0 aromatic heterocycles. The van der Waals surface area contributed by atoms with E-state index in [9.17, 15) is 4.79 Å². The Morgan fingerprint density at radius 3 is 2.92 bits per heavy atom. The molecule has 1 unspecified atom stereocenters. The first kappa shape index (κ1) is 8.97. The molecule has 2 rings (SSSR count). The number of likely N-dealkylation sites (N-methyl/N-ethyl adjacent to an activating group) is 1. The average Bonchev–Trinajstić information content (AvgIpc) is 2.88. The lowest BCUT2D eigenvalue weighted by Gasteiger charge is -2.29. The van der Waals surface area contributed by atoms with E-state index in [2.05, 4.69) is 22.6 Å². The van der Waals surface area contributed by atoms with Gasteiger partial charge >= 0.3 is 0 Å². The second-order valence-corrected chi connectivity index (χ2v) is 4.05. The van der Waals surface area contributed by atoms with E-state index >= 15 is 0 Å². The lowest BCUT2D eigenvalue weighted by atomic mass is 10.2. The minimum Gasteiger partial charge on any atom is -0.352 e. The lowest BCUT2D eigenvalue weighted by Crippen LogP contribution is -2.56. The van der Waals surface area contributed by atoms with Gasteiger partial charge in [0.2, 0.25) is 5.91 Å². The maximum Gasteiger partial charge on any atom is 0.238 e. The summed E-state index contributed by atoms with van der Waals surface area (Å²) in [4.78, 5) is 13.8. The van der Waals surface area contributed by atoms with Gasteiger partial charge in [-0.15, -0.1) is 0 Å². The van der Waals surface area contributed by atoms with E-state index in [-0.39, 0.29) is 11.9 Å². The van der Waals surface area contributed by atoms with E-state index in [1.165, 1.54) is 0 Å². The molecule has 2 aliphatic rings. The lowest BCUT2D eigenvalue weighted by molar-refractivity contribution is -0.124. The third-order valence-electron chi connectivity index (χ3n) is 2.62. The van der Waals surface area contributed by atoms with Crippen LogP contribution < -0.4 is 10.6 Å². The van der Waals surface area contributed by atoms with Gasteiger partial charge < -0.3 is 15.5 Å². The Morgan fingerprint density at radius 1 is 1.54 bits per heavy atom. The number of hydrogen-bond donors (Lipinski definition) is 2. The van der Waals surface area contributed by atoms with Gasteiger partial charge in [0.1, 0.15) is 0 Å². The summed E-state index contributed by atoms with van der Waals surface area (Å²) in [6, 6.07) is 0.473. The van der Waals surface area contributed by atoms with Crippen molar-refractivity contribution in [1.82, 2.24) is 15.5 Å². The molecule has 4 heteroatoms. The van der Waals surface area contributed by atoms with E-state index in [1.54, 1.807) is 0 Å². The summed E-state index contributed by atoms with van der Waals surface area (Å²) in [6.45, 7) is 2.78. The molecule has 1 saturated heterocycles. The summed E-state index contributed by atoms with van der Waals surface area (Å²) < 4.78 is 0. The highest BCUT2D eigenvalue weighted by Gasteiger charge is 2.29. The number of carbonyl (C=O) groups is 1. The fourth-order valence-corrected chi connectivity index (χ4v) is 1.60. The van der Waals surface area contributed by atoms with Gasteiger partial charge in [0.05, 0.1) is 6.04 Å². The summed E-state index contributed by atoms with van der Waals surface area (Å²) in [5.74, 6) is 0.175. The number of amides is 1. The molecule has 2 fully saturated rings. The fraction of sp³-hybridized carbons (Fsp3) is 0.889. The van der Waals surface area contributed by atoms with E-state index in [4.69, 9.17) is 0 Å². The molecular weight excluding hydrogens is 166 g/mol. The van der Waals surface area contributed by atoms with Crippen molar-refractivity contribution in [3.8, 4) is 0 Å². The minimum absolute atomic E-state index is 0.000602. The molecular formula is C9H17N3O. The summed E-state index contributed by atoms with van der Waals surface area (Å²) in [5, 5.41) is 6.24. The highest BCUT2D eigenvalue weighted by atomic mass is 16.2. The van der Waals surface area contributed by atoms with Gasteiger partial charge in [-0.1, -0.05) is 0 Å². The zero-order valence-corrected chi connectivity index (χ0v) is 8.05. The molecule has 1 aliphatic carbocycles. The Morgan fingerprint density at radius 2 is 2.31 bits per heavy atom. The first-order chi connectivity index (χ1) is 6.25. The third kappa shape index (κ3) is 2.42. The molecule has 1 amide bonds. The molecule has 0 spiro atoms. The highest BCUT2D eigenvalue weighted by Crippen LogP contribution is 2.18. The molecule has 0 aromatic carbocycles. The monoisotopic (exact) mass is 183 g/mol. The first-order valence-corrected chi connectivity index (χ1v) is 4.98. The second kappa shape index (κ2) is 3.64. The van der Waals surface area contributed by atoms with Crippen molar-refractivity contribution in [1.29, 1.82) is 0 Å². The standard InChI is InChI=1S/C9H17N3O/c1-12-5-4-10-8(6-12)9(13)11-7-2-3-7/h7-8,10H,2-6H2,1H3,(H,11,13). The zero-order chi connectivity index (χ0) is 9.26. The van der Waals surface area contributed by atoms with Gasteiger partial charge in [0.25, 0.3) is 0 Å². The second-order valence-electron chi connectivity index (χ2n) is 4.05.